The smallest absolute Gasteiger partial charge is 0.335 e. The molecule has 0 spiro atoms. The van der Waals surface area contributed by atoms with Crippen LogP contribution in [0.4, 0.5) is 5.95 Å². The Morgan fingerprint density at radius 3 is 2.78 bits per heavy atom. The number of hydrogen-bond donors (Lipinski definition) is 6. The van der Waals surface area contributed by atoms with Crippen LogP contribution in [0, 0.1) is 0 Å². The van der Waals surface area contributed by atoms with Crippen LogP contribution in [0.15, 0.2) is 11.1 Å². The van der Waals surface area contributed by atoms with Crippen molar-refractivity contribution < 1.29 is 29.3 Å². The van der Waals surface area contributed by atoms with Crippen molar-refractivity contribution in [2.75, 3.05) is 12.3 Å². The SMILES string of the molecule is Nc1nc2c(ncn2[C@@H]2O[C@H](CO)[C@H](O)[C@@H]2P(=O)(O)O)c(=O)[nH]1. The van der Waals surface area contributed by atoms with Crippen LogP contribution >= 0.6 is 7.60 Å². The van der Waals surface area contributed by atoms with Gasteiger partial charge in [-0.25, -0.2) is 4.98 Å². The van der Waals surface area contributed by atoms with Crippen LogP contribution in [0.25, 0.3) is 11.2 Å². The molecule has 13 heteroatoms. The van der Waals surface area contributed by atoms with E-state index in [1.165, 1.54) is 0 Å². The molecule has 0 radical (unpaired) electrons. The standard InChI is InChI=1S/C10H14N5O7P/c11-10-13-7-4(8(18)14-10)12-2-15(7)9-6(23(19,20)21)5(17)3(1-16)22-9/h2-3,5-6,9,16-17H,1H2,(H2,19,20,21)(H3,11,13,14,18)/t3-,5+,6+,9-/m1/s1. The molecule has 3 heterocycles. The van der Waals surface area contributed by atoms with Crippen molar-refractivity contribution in [1.82, 2.24) is 19.5 Å². The van der Waals surface area contributed by atoms with Crippen LogP contribution in [0.3, 0.4) is 0 Å². The fraction of sp³-hybridized carbons (Fsp3) is 0.500. The van der Waals surface area contributed by atoms with E-state index in [0.29, 0.717) is 0 Å². The van der Waals surface area contributed by atoms with Gasteiger partial charge in [-0.05, 0) is 0 Å². The van der Waals surface area contributed by atoms with E-state index in [9.17, 15) is 29.4 Å². The van der Waals surface area contributed by atoms with Gasteiger partial charge in [-0.3, -0.25) is 18.9 Å². The minimum Gasteiger partial charge on any atom is -0.394 e. The second kappa shape index (κ2) is 5.37. The van der Waals surface area contributed by atoms with Gasteiger partial charge in [0, 0.05) is 0 Å². The van der Waals surface area contributed by atoms with Crippen molar-refractivity contribution in [3.63, 3.8) is 0 Å². The highest BCUT2D eigenvalue weighted by Gasteiger charge is 2.53. The van der Waals surface area contributed by atoms with Crippen molar-refractivity contribution >= 4 is 24.7 Å². The Bertz CT molecular complexity index is 844. The number of fused-ring (bicyclic) bond motifs is 1. The molecule has 23 heavy (non-hydrogen) atoms. The number of imidazole rings is 1. The third kappa shape index (κ3) is 2.55. The highest BCUT2D eigenvalue weighted by molar-refractivity contribution is 7.52. The van der Waals surface area contributed by atoms with Gasteiger partial charge in [0.15, 0.2) is 17.4 Å². The van der Waals surface area contributed by atoms with E-state index < -0.39 is 43.9 Å². The molecule has 3 rings (SSSR count). The number of nitrogen functional groups attached to an aromatic ring is 1. The molecular formula is C10H14N5O7P. The topological polar surface area (TPSA) is 197 Å². The monoisotopic (exact) mass is 347 g/mol. The quantitative estimate of drug-likeness (QED) is 0.323. The number of H-pyrrole nitrogens is 1. The first-order valence-electron chi connectivity index (χ1n) is 6.46. The number of aliphatic hydroxyl groups excluding tert-OH is 2. The molecule has 0 aromatic carbocycles. The van der Waals surface area contributed by atoms with E-state index >= 15 is 0 Å². The molecule has 1 aliphatic rings. The fourth-order valence-corrected chi connectivity index (χ4v) is 3.74. The number of nitrogens with two attached hydrogens (primary N) is 1. The maximum Gasteiger partial charge on any atom is 0.335 e. The zero-order valence-corrected chi connectivity index (χ0v) is 12.4. The number of aliphatic hydroxyl groups is 2. The average Bonchev–Trinajstić information content (AvgIpc) is 2.98. The molecule has 126 valence electrons. The second-order valence-corrected chi connectivity index (χ2v) is 6.87. The molecule has 0 amide bonds. The molecule has 0 bridgehead atoms. The number of hydrogen-bond acceptors (Lipinski definition) is 8. The van der Waals surface area contributed by atoms with Gasteiger partial charge in [-0.2, -0.15) is 4.98 Å². The van der Waals surface area contributed by atoms with E-state index in [0.717, 1.165) is 10.9 Å². The van der Waals surface area contributed by atoms with Crippen molar-refractivity contribution in [2.45, 2.75) is 24.1 Å². The number of nitrogens with one attached hydrogen (secondary N) is 1. The van der Waals surface area contributed by atoms with E-state index in [1.807, 2.05) is 0 Å². The zero-order chi connectivity index (χ0) is 16.9. The predicted molar refractivity (Wildman–Crippen MR) is 75.4 cm³/mol. The molecule has 1 saturated heterocycles. The minimum absolute atomic E-state index is 0.0551. The summed E-state index contributed by atoms with van der Waals surface area (Å²) in [7, 11) is -4.80. The average molecular weight is 347 g/mol. The number of aromatic amines is 1. The molecule has 1 fully saturated rings. The van der Waals surface area contributed by atoms with Gasteiger partial charge in [0.2, 0.25) is 5.95 Å². The van der Waals surface area contributed by atoms with Gasteiger partial charge in [-0.1, -0.05) is 0 Å². The van der Waals surface area contributed by atoms with Crippen molar-refractivity contribution in [2.24, 2.45) is 0 Å². The summed E-state index contributed by atoms with van der Waals surface area (Å²) in [4.78, 5) is 40.7. The first kappa shape index (κ1) is 16.1. The summed E-state index contributed by atoms with van der Waals surface area (Å²) in [6.07, 6.45) is -3.08. The molecule has 12 nitrogen and oxygen atoms in total. The number of nitrogens with zero attached hydrogens (tertiary/aromatic N) is 3. The lowest BCUT2D eigenvalue weighted by molar-refractivity contribution is -0.0432. The molecule has 0 unspecified atom stereocenters. The molecule has 7 N–H and O–H groups in total. The summed E-state index contributed by atoms with van der Waals surface area (Å²) in [5.74, 6) is -0.214. The van der Waals surface area contributed by atoms with Gasteiger partial charge in [-0.15, -0.1) is 0 Å². The van der Waals surface area contributed by atoms with Gasteiger partial charge in [0.1, 0.15) is 17.9 Å². The van der Waals surface area contributed by atoms with Gasteiger partial charge in [0.05, 0.1) is 12.9 Å². The third-order valence-electron chi connectivity index (χ3n) is 3.63. The van der Waals surface area contributed by atoms with Crippen molar-refractivity contribution in [3.8, 4) is 0 Å². The van der Waals surface area contributed by atoms with Gasteiger partial charge < -0.3 is 30.5 Å². The van der Waals surface area contributed by atoms with Crippen LogP contribution in [0.2, 0.25) is 0 Å². The Balaban J connectivity index is 2.17. The van der Waals surface area contributed by atoms with Gasteiger partial charge >= 0.3 is 7.60 Å². The summed E-state index contributed by atoms with van der Waals surface area (Å²) in [6.45, 7) is -0.642. The maximum atomic E-state index is 11.8. The first-order chi connectivity index (χ1) is 10.7. The molecule has 2 aromatic rings. The van der Waals surface area contributed by atoms with Crippen LogP contribution in [0.1, 0.15) is 6.23 Å². The molecule has 2 aromatic heterocycles. The molecule has 0 aliphatic carbocycles. The van der Waals surface area contributed by atoms with E-state index in [2.05, 4.69) is 15.0 Å². The number of rotatable bonds is 3. The summed E-state index contributed by atoms with van der Waals surface area (Å²) in [5.41, 5.74) is 3.02. The van der Waals surface area contributed by atoms with E-state index in [1.54, 1.807) is 0 Å². The lowest BCUT2D eigenvalue weighted by Crippen LogP contribution is -2.33. The largest absolute Gasteiger partial charge is 0.394 e. The summed E-state index contributed by atoms with van der Waals surface area (Å²) in [6, 6.07) is 0. The molecular weight excluding hydrogens is 333 g/mol. The Morgan fingerprint density at radius 2 is 2.17 bits per heavy atom. The Labute approximate surface area is 127 Å². The van der Waals surface area contributed by atoms with Crippen LogP contribution < -0.4 is 11.3 Å². The highest BCUT2D eigenvalue weighted by atomic mass is 31.2. The second-order valence-electron chi connectivity index (χ2n) is 5.09. The number of ether oxygens (including phenoxy) is 1. The Kier molecular flexibility index (Phi) is 3.75. The zero-order valence-electron chi connectivity index (χ0n) is 11.5. The first-order valence-corrected chi connectivity index (χ1v) is 8.14. The minimum atomic E-state index is -4.80. The van der Waals surface area contributed by atoms with Crippen molar-refractivity contribution in [3.05, 3.63) is 16.7 Å². The molecule has 4 atom stereocenters. The maximum absolute atomic E-state index is 11.8. The lowest BCUT2D eigenvalue weighted by atomic mass is 10.2. The van der Waals surface area contributed by atoms with E-state index in [4.69, 9.17) is 10.5 Å². The summed E-state index contributed by atoms with van der Waals surface area (Å²) < 4.78 is 18.1. The third-order valence-corrected chi connectivity index (χ3v) is 4.97. The molecule has 1 aliphatic heterocycles. The number of anilines is 1. The van der Waals surface area contributed by atoms with Gasteiger partial charge in [0.25, 0.3) is 5.56 Å². The van der Waals surface area contributed by atoms with Crippen molar-refractivity contribution in [1.29, 1.82) is 0 Å². The fourth-order valence-electron chi connectivity index (χ4n) is 2.60. The lowest BCUT2D eigenvalue weighted by Gasteiger charge is -2.22. The van der Waals surface area contributed by atoms with E-state index in [-0.39, 0.29) is 17.1 Å². The van der Waals surface area contributed by atoms with Crippen LogP contribution in [-0.2, 0) is 9.30 Å². The number of aromatic nitrogens is 4. The Hall–Kier alpha value is -1.82. The summed E-state index contributed by atoms with van der Waals surface area (Å²) in [5, 5.41) is 19.2. The summed E-state index contributed by atoms with van der Waals surface area (Å²) >= 11 is 0. The highest BCUT2D eigenvalue weighted by Crippen LogP contribution is 2.53. The normalized spacial score (nSPS) is 28.5. The Morgan fingerprint density at radius 1 is 1.48 bits per heavy atom. The van der Waals surface area contributed by atoms with Crippen LogP contribution in [0.5, 0.6) is 0 Å². The predicted octanol–water partition coefficient (Wildman–Crippen LogP) is -2.50. The van der Waals surface area contributed by atoms with Crippen LogP contribution in [-0.4, -0.2) is 64.0 Å². The molecule has 0 saturated carbocycles.